The molecule has 0 aromatic heterocycles. The Morgan fingerprint density at radius 2 is 1.54 bits per heavy atom. The Kier molecular flexibility index (Phi) is 5.45. The summed E-state index contributed by atoms with van der Waals surface area (Å²) in [5.41, 5.74) is 0. The zero-order valence-corrected chi connectivity index (χ0v) is 9.31. The Bertz CT molecular complexity index is 112. The molecule has 0 heterocycles. The molecule has 1 N–H and O–H groups in total. The zero-order valence-electron chi connectivity index (χ0n) is 9.31. The van der Waals surface area contributed by atoms with Gasteiger partial charge in [0.25, 0.3) is 0 Å². The van der Waals surface area contributed by atoms with Gasteiger partial charge in [-0.05, 0) is 38.3 Å². The highest BCUT2D eigenvalue weighted by Crippen LogP contribution is 2.27. The van der Waals surface area contributed by atoms with Crippen molar-refractivity contribution in [1.29, 1.82) is 0 Å². The summed E-state index contributed by atoms with van der Waals surface area (Å²) < 4.78 is 0. The van der Waals surface area contributed by atoms with Crippen molar-refractivity contribution in [1.82, 2.24) is 5.32 Å². The van der Waals surface area contributed by atoms with E-state index < -0.39 is 0 Å². The molecule has 0 spiro atoms. The van der Waals surface area contributed by atoms with Crippen LogP contribution in [0.15, 0.2) is 0 Å². The van der Waals surface area contributed by atoms with Crippen LogP contribution in [0.3, 0.4) is 0 Å². The fourth-order valence-corrected chi connectivity index (χ4v) is 2.58. The van der Waals surface area contributed by atoms with Gasteiger partial charge in [-0.3, -0.25) is 0 Å². The van der Waals surface area contributed by atoms with Gasteiger partial charge in [0.1, 0.15) is 0 Å². The largest absolute Gasteiger partial charge is 0.319 e. The Morgan fingerprint density at radius 3 is 2.00 bits per heavy atom. The zero-order chi connectivity index (χ0) is 9.52. The minimum absolute atomic E-state index is 0.961. The molecule has 0 atom stereocenters. The first-order chi connectivity index (χ1) is 6.36. The molecule has 1 aliphatic carbocycles. The first kappa shape index (κ1) is 11.0. The van der Waals surface area contributed by atoms with Crippen LogP contribution in [0.5, 0.6) is 0 Å². The second-order valence-corrected chi connectivity index (χ2v) is 4.56. The van der Waals surface area contributed by atoms with E-state index in [2.05, 4.69) is 19.3 Å². The third-order valence-corrected chi connectivity index (χ3v) is 3.52. The van der Waals surface area contributed by atoms with Crippen molar-refractivity contribution < 1.29 is 0 Å². The summed E-state index contributed by atoms with van der Waals surface area (Å²) in [5.74, 6) is 2.00. The molecule has 0 aromatic rings. The second kappa shape index (κ2) is 6.42. The predicted octanol–water partition coefficient (Wildman–Crippen LogP) is 3.20. The van der Waals surface area contributed by atoms with Gasteiger partial charge in [-0.15, -0.1) is 0 Å². The summed E-state index contributed by atoms with van der Waals surface area (Å²) in [4.78, 5) is 0. The van der Waals surface area contributed by atoms with Crippen molar-refractivity contribution in [3.05, 3.63) is 0 Å². The highest BCUT2D eigenvalue weighted by atomic mass is 14.8. The molecule has 0 aliphatic heterocycles. The number of nitrogens with one attached hydrogen (secondary N) is 1. The minimum Gasteiger partial charge on any atom is -0.319 e. The molecule has 0 bridgehead atoms. The van der Waals surface area contributed by atoms with Crippen molar-refractivity contribution in [3.8, 4) is 0 Å². The Balaban J connectivity index is 2.22. The number of hydrogen-bond donors (Lipinski definition) is 1. The molecule has 1 fully saturated rings. The van der Waals surface area contributed by atoms with Gasteiger partial charge in [-0.2, -0.15) is 0 Å². The number of hydrogen-bond acceptors (Lipinski definition) is 1. The standard InChI is InChI=1S/C12H25N/c1-3-11-6-4-8-12(10-13-2)9-5-7-11/h11-13H,3-10H2,1-2H3. The highest BCUT2D eigenvalue weighted by molar-refractivity contribution is 4.69. The van der Waals surface area contributed by atoms with Crippen LogP contribution in [0.4, 0.5) is 0 Å². The molecular weight excluding hydrogens is 158 g/mol. The van der Waals surface area contributed by atoms with Gasteiger partial charge in [-0.25, -0.2) is 0 Å². The highest BCUT2D eigenvalue weighted by Gasteiger charge is 2.14. The lowest BCUT2D eigenvalue weighted by atomic mass is 9.85. The molecule has 0 aromatic carbocycles. The minimum atomic E-state index is 0.961. The van der Waals surface area contributed by atoms with E-state index in [0.717, 1.165) is 11.8 Å². The van der Waals surface area contributed by atoms with Crippen LogP contribution in [0.2, 0.25) is 0 Å². The lowest BCUT2D eigenvalue weighted by molar-refractivity contribution is 0.308. The Labute approximate surface area is 83.3 Å². The fraction of sp³-hybridized carbons (Fsp3) is 1.00. The van der Waals surface area contributed by atoms with E-state index in [9.17, 15) is 0 Å². The lowest BCUT2D eigenvalue weighted by Gasteiger charge is -2.23. The molecule has 0 amide bonds. The van der Waals surface area contributed by atoms with Crippen molar-refractivity contribution in [3.63, 3.8) is 0 Å². The van der Waals surface area contributed by atoms with E-state index in [1.54, 1.807) is 0 Å². The summed E-state index contributed by atoms with van der Waals surface area (Å²) in [7, 11) is 2.08. The molecule has 1 nitrogen and oxygen atoms in total. The van der Waals surface area contributed by atoms with Gasteiger partial charge in [0, 0.05) is 0 Å². The van der Waals surface area contributed by atoms with Crippen molar-refractivity contribution in [2.75, 3.05) is 13.6 Å². The summed E-state index contributed by atoms with van der Waals surface area (Å²) >= 11 is 0. The second-order valence-electron chi connectivity index (χ2n) is 4.56. The van der Waals surface area contributed by atoms with Crippen LogP contribution in [-0.2, 0) is 0 Å². The van der Waals surface area contributed by atoms with Crippen molar-refractivity contribution >= 4 is 0 Å². The molecule has 13 heavy (non-hydrogen) atoms. The predicted molar refractivity (Wildman–Crippen MR) is 58.9 cm³/mol. The van der Waals surface area contributed by atoms with E-state index in [0.29, 0.717) is 0 Å². The molecular formula is C12H25N. The third-order valence-electron chi connectivity index (χ3n) is 3.52. The molecule has 1 rings (SSSR count). The van der Waals surface area contributed by atoms with Gasteiger partial charge in [0.2, 0.25) is 0 Å². The molecule has 78 valence electrons. The Hall–Kier alpha value is -0.0400. The van der Waals surface area contributed by atoms with E-state index in [4.69, 9.17) is 0 Å². The molecule has 1 heteroatoms. The Morgan fingerprint density at radius 1 is 1.00 bits per heavy atom. The van der Waals surface area contributed by atoms with Crippen LogP contribution in [-0.4, -0.2) is 13.6 Å². The summed E-state index contributed by atoms with van der Waals surface area (Å²) in [6.07, 6.45) is 10.2. The maximum Gasteiger partial charge on any atom is -0.00235 e. The van der Waals surface area contributed by atoms with Crippen LogP contribution >= 0.6 is 0 Å². The topological polar surface area (TPSA) is 12.0 Å². The van der Waals surface area contributed by atoms with Gasteiger partial charge in [-0.1, -0.05) is 39.0 Å². The van der Waals surface area contributed by atoms with Gasteiger partial charge in [0.15, 0.2) is 0 Å². The van der Waals surface area contributed by atoms with Crippen molar-refractivity contribution in [2.45, 2.75) is 51.9 Å². The number of rotatable bonds is 3. The third kappa shape index (κ3) is 4.12. The normalized spacial score (nSPS) is 30.9. The smallest absolute Gasteiger partial charge is 0.00235 e. The SMILES string of the molecule is CCC1CCCC(CNC)CCC1. The van der Waals surface area contributed by atoms with Crippen LogP contribution in [0.25, 0.3) is 0 Å². The quantitative estimate of drug-likeness (QED) is 0.708. The molecule has 1 saturated carbocycles. The van der Waals surface area contributed by atoms with E-state index >= 15 is 0 Å². The monoisotopic (exact) mass is 183 g/mol. The molecule has 0 unspecified atom stereocenters. The molecule has 0 radical (unpaired) electrons. The van der Waals surface area contributed by atoms with E-state index in [-0.39, 0.29) is 0 Å². The first-order valence-electron chi connectivity index (χ1n) is 6.01. The average Bonchev–Trinajstić information content (AvgIpc) is 2.09. The average molecular weight is 183 g/mol. The van der Waals surface area contributed by atoms with E-state index in [1.165, 1.54) is 51.5 Å². The van der Waals surface area contributed by atoms with Crippen molar-refractivity contribution in [2.24, 2.45) is 11.8 Å². The fourth-order valence-electron chi connectivity index (χ4n) is 2.58. The maximum absolute atomic E-state index is 3.31. The maximum atomic E-state index is 3.31. The molecule has 1 aliphatic rings. The van der Waals surface area contributed by atoms with Crippen LogP contribution < -0.4 is 5.32 Å². The molecule has 0 saturated heterocycles. The summed E-state index contributed by atoms with van der Waals surface area (Å²) in [6, 6.07) is 0. The van der Waals surface area contributed by atoms with Gasteiger partial charge >= 0.3 is 0 Å². The summed E-state index contributed by atoms with van der Waals surface area (Å²) in [6.45, 7) is 3.58. The summed E-state index contributed by atoms with van der Waals surface area (Å²) in [5, 5.41) is 3.31. The van der Waals surface area contributed by atoms with Gasteiger partial charge in [0.05, 0.1) is 0 Å². The van der Waals surface area contributed by atoms with Gasteiger partial charge < -0.3 is 5.32 Å². The first-order valence-corrected chi connectivity index (χ1v) is 6.01. The van der Waals surface area contributed by atoms with Crippen LogP contribution in [0, 0.1) is 11.8 Å². The van der Waals surface area contributed by atoms with E-state index in [1.807, 2.05) is 0 Å². The lowest BCUT2D eigenvalue weighted by Crippen LogP contribution is -2.20. The van der Waals surface area contributed by atoms with Crippen LogP contribution in [0.1, 0.15) is 51.9 Å².